The van der Waals surface area contributed by atoms with Gasteiger partial charge in [-0.25, -0.2) is 0 Å². The van der Waals surface area contributed by atoms with Gasteiger partial charge in [0.25, 0.3) is 0 Å². The molecule has 0 amide bonds. The third kappa shape index (κ3) is 4.35. The van der Waals surface area contributed by atoms with Crippen molar-refractivity contribution in [2.45, 2.75) is 58.4 Å². The van der Waals surface area contributed by atoms with Crippen molar-refractivity contribution in [2.75, 3.05) is 0 Å². The van der Waals surface area contributed by atoms with Crippen molar-refractivity contribution in [3.63, 3.8) is 0 Å². The normalized spacial score (nSPS) is 28.5. The zero-order valence-corrected chi connectivity index (χ0v) is 9.05. The molecule has 1 nitrogen and oxygen atoms in total. The van der Waals surface area contributed by atoms with Gasteiger partial charge in [-0.1, -0.05) is 32.8 Å². The van der Waals surface area contributed by atoms with Crippen LogP contribution >= 0.6 is 0 Å². The van der Waals surface area contributed by atoms with Crippen LogP contribution in [0.3, 0.4) is 0 Å². The number of hydrogen-bond acceptors (Lipinski definition) is 1. The Morgan fingerprint density at radius 1 is 1.38 bits per heavy atom. The molecule has 0 aromatic carbocycles. The van der Waals surface area contributed by atoms with E-state index in [-0.39, 0.29) is 0 Å². The van der Waals surface area contributed by atoms with Crippen LogP contribution in [0.4, 0.5) is 0 Å². The standard InChI is InChI=1S/C12H23N/c1-3-4-5-6-9-13-12-8-7-11(2)10-12/h6,9,11-13H,3-5,7-8,10H2,1-2H3/b9-6-. The van der Waals surface area contributed by atoms with Gasteiger partial charge in [0.05, 0.1) is 0 Å². The van der Waals surface area contributed by atoms with E-state index in [0.717, 1.165) is 12.0 Å². The summed E-state index contributed by atoms with van der Waals surface area (Å²) in [6, 6.07) is 0.757. The number of allylic oxidation sites excluding steroid dienone is 1. The Bertz CT molecular complexity index is 151. The molecule has 1 rings (SSSR count). The monoisotopic (exact) mass is 181 g/mol. The molecule has 1 heteroatoms. The van der Waals surface area contributed by atoms with Crippen LogP contribution in [-0.4, -0.2) is 6.04 Å². The molecule has 0 saturated heterocycles. The second-order valence-electron chi connectivity index (χ2n) is 4.33. The average Bonchev–Trinajstić information content (AvgIpc) is 2.51. The van der Waals surface area contributed by atoms with Crippen molar-refractivity contribution in [3.8, 4) is 0 Å². The summed E-state index contributed by atoms with van der Waals surface area (Å²) in [5, 5.41) is 3.49. The van der Waals surface area contributed by atoms with Gasteiger partial charge in [-0.3, -0.25) is 0 Å². The van der Waals surface area contributed by atoms with E-state index in [9.17, 15) is 0 Å². The third-order valence-electron chi connectivity index (χ3n) is 2.87. The number of rotatable bonds is 5. The molecule has 1 fully saturated rings. The summed E-state index contributed by atoms with van der Waals surface area (Å²) in [6.07, 6.45) is 12.4. The first kappa shape index (κ1) is 10.6. The molecule has 0 spiro atoms. The molecular weight excluding hydrogens is 158 g/mol. The molecular formula is C12H23N. The summed E-state index contributed by atoms with van der Waals surface area (Å²) >= 11 is 0. The van der Waals surface area contributed by atoms with Gasteiger partial charge in [0.15, 0.2) is 0 Å². The highest BCUT2D eigenvalue weighted by Gasteiger charge is 2.19. The molecule has 0 bridgehead atoms. The zero-order valence-electron chi connectivity index (χ0n) is 9.05. The summed E-state index contributed by atoms with van der Waals surface area (Å²) in [7, 11) is 0. The lowest BCUT2D eigenvalue weighted by atomic mass is 10.1. The SMILES string of the molecule is CCCC/C=C\NC1CCC(C)C1. The van der Waals surface area contributed by atoms with Crippen LogP contribution in [0.25, 0.3) is 0 Å². The first-order valence-electron chi connectivity index (χ1n) is 5.74. The van der Waals surface area contributed by atoms with E-state index >= 15 is 0 Å². The van der Waals surface area contributed by atoms with Crippen LogP contribution in [0.15, 0.2) is 12.3 Å². The van der Waals surface area contributed by atoms with E-state index in [1.807, 2.05) is 0 Å². The van der Waals surface area contributed by atoms with Crippen LogP contribution in [-0.2, 0) is 0 Å². The Labute approximate surface area is 82.6 Å². The van der Waals surface area contributed by atoms with E-state index < -0.39 is 0 Å². The van der Waals surface area contributed by atoms with Gasteiger partial charge in [0.2, 0.25) is 0 Å². The molecule has 1 aliphatic carbocycles. The van der Waals surface area contributed by atoms with Crippen LogP contribution in [0.1, 0.15) is 52.4 Å². The minimum atomic E-state index is 0.757. The molecule has 0 radical (unpaired) electrons. The Morgan fingerprint density at radius 2 is 2.23 bits per heavy atom. The molecule has 0 aliphatic heterocycles. The molecule has 76 valence electrons. The van der Waals surface area contributed by atoms with Crippen molar-refractivity contribution in [2.24, 2.45) is 5.92 Å². The van der Waals surface area contributed by atoms with Crippen molar-refractivity contribution < 1.29 is 0 Å². The van der Waals surface area contributed by atoms with Crippen LogP contribution in [0.2, 0.25) is 0 Å². The molecule has 2 unspecified atom stereocenters. The minimum absolute atomic E-state index is 0.757. The molecule has 0 aromatic rings. The van der Waals surface area contributed by atoms with Gasteiger partial charge in [-0.15, -0.1) is 0 Å². The maximum Gasteiger partial charge on any atom is 0.0258 e. The number of nitrogens with one attached hydrogen (secondary N) is 1. The quantitative estimate of drug-likeness (QED) is 0.640. The Hall–Kier alpha value is -0.460. The summed E-state index contributed by atoms with van der Waals surface area (Å²) in [4.78, 5) is 0. The predicted molar refractivity (Wildman–Crippen MR) is 58.6 cm³/mol. The van der Waals surface area contributed by atoms with Gasteiger partial charge in [0.1, 0.15) is 0 Å². The lowest BCUT2D eigenvalue weighted by molar-refractivity contribution is 0.558. The van der Waals surface area contributed by atoms with Gasteiger partial charge in [-0.2, -0.15) is 0 Å². The van der Waals surface area contributed by atoms with E-state index in [4.69, 9.17) is 0 Å². The molecule has 13 heavy (non-hydrogen) atoms. The first-order valence-corrected chi connectivity index (χ1v) is 5.74. The minimum Gasteiger partial charge on any atom is -0.388 e. The molecule has 2 atom stereocenters. The van der Waals surface area contributed by atoms with E-state index in [1.165, 1.54) is 38.5 Å². The van der Waals surface area contributed by atoms with Gasteiger partial charge in [-0.05, 0) is 37.8 Å². The molecule has 1 aliphatic rings. The first-order chi connectivity index (χ1) is 6.33. The fraction of sp³-hybridized carbons (Fsp3) is 0.833. The zero-order chi connectivity index (χ0) is 9.52. The molecule has 1 saturated carbocycles. The smallest absolute Gasteiger partial charge is 0.0258 e. The maximum atomic E-state index is 3.49. The summed E-state index contributed by atoms with van der Waals surface area (Å²) < 4.78 is 0. The summed E-state index contributed by atoms with van der Waals surface area (Å²) in [5.41, 5.74) is 0. The van der Waals surface area contributed by atoms with Gasteiger partial charge >= 0.3 is 0 Å². The highest BCUT2D eigenvalue weighted by molar-refractivity contribution is 4.86. The molecule has 1 N–H and O–H groups in total. The third-order valence-corrected chi connectivity index (χ3v) is 2.87. The number of hydrogen-bond donors (Lipinski definition) is 1. The highest BCUT2D eigenvalue weighted by Crippen LogP contribution is 2.24. The summed E-state index contributed by atoms with van der Waals surface area (Å²) in [5.74, 6) is 0.932. The molecule has 0 heterocycles. The summed E-state index contributed by atoms with van der Waals surface area (Å²) in [6.45, 7) is 4.59. The predicted octanol–water partition coefficient (Wildman–Crippen LogP) is 3.47. The number of unbranched alkanes of at least 4 members (excludes halogenated alkanes) is 2. The Balaban J connectivity index is 2.02. The van der Waals surface area contributed by atoms with E-state index in [0.29, 0.717) is 0 Å². The second kappa shape index (κ2) is 6.06. The highest BCUT2D eigenvalue weighted by atomic mass is 14.9. The fourth-order valence-corrected chi connectivity index (χ4v) is 1.97. The van der Waals surface area contributed by atoms with Crippen molar-refractivity contribution >= 4 is 0 Å². The second-order valence-corrected chi connectivity index (χ2v) is 4.33. The Morgan fingerprint density at radius 3 is 2.85 bits per heavy atom. The maximum absolute atomic E-state index is 3.49. The molecule has 0 aromatic heterocycles. The van der Waals surface area contributed by atoms with Gasteiger partial charge in [0, 0.05) is 6.04 Å². The average molecular weight is 181 g/mol. The van der Waals surface area contributed by atoms with Crippen molar-refractivity contribution in [1.29, 1.82) is 0 Å². The lowest BCUT2D eigenvalue weighted by Gasteiger charge is -2.08. The van der Waals surface area contributed by atoms with E-state index in [1.54, 1.807) is 0 Å². The largest absolute Gasteiger partial charge is 0.388 e. The van der Waals surface area contributed by atoms with Crippen LogP contribution < -0.4 is 5.32 Å². The van der Waals surface area contributed by atoms with Crippen LogP contribution in [0.5, 0.6) is 0 Å². The van der Waals surface area contributed by atoms with E-state index in [2.05, 4.69) is 31.4 Å². The van der Waals surface area contributed by atoms with Gasteiger partial charge < -0.3 is 5.32 Å². The van der Waals surface area contributed by atoms with Crippen molar-refractivity contribution in [1.82, 2.24) is 5.32 Å². The van der Waals surface area contributed by atoms with Crippen LogP contribution in [0, 0.1) is 5.92 Å². The fourth-order valence-electron chi connectivity index (χ4n) is 1.97. The Kier molecular flexibility index (Phi) is 4.95. The topological polar surface area (TPSA) is 12.0 Å². The lowest BCUT2D eigenvalue weighted by Crippen LogP contribution is -2.20. The van der Waals surface area contributed by atoms with Crippen molar-refractivity contribution in [3.05, 3.63) is 12.3 Å².